The van der Waals surface area contributed by atoms with E-state index < -0.39 is 0 Å². The van der Waals surface area contributed by atoms with Gasteiger partial charge in [0.15, 0.2) is 0 Å². The minimum Gasteiger partial charge on any atom is -0.510 e. The second kappa shape index (κ2) is 15.7. The monoisotopic (exact) mass is 928 g/mol. The molecule has 6 nitrogen and oxygen atoms in total. The largest absolute Gasteiger partial charge is 0.510 e. The summed E-state index contributed by atoms with van der Waals surface area (Å²) in [7, 11) is 0. The van der Waals surface area contributed by atoms with Gasteiger partial charge in [-0.3, -0.25) is 4.57 Å². The molecule has 8 heteroatoms. The maximum absolute atomic E-state index is 6.56. The van der Waals surface area contributed by atoms with Crippen LogP contribution in [0.2, 0.25) is 0 Å². The van der Waals surface area contributed by atoms with E-state index in [1.165, 1.54) is 16.6 Å². The molecule has 1 aliphatic rings. The molecule has 0 saturated carbocycles. The van der Waals surface area contributed by atoms with E-state index in [4.69, 9.17) is 9.72 Å². The van der Waals surface area contributed by atoms with Crippen molar-refractivity contribution in [1.82, 2.24) is 9.55 Å². The van der Waals surface area contributed by atoms with E-state index in [-0.39, 0.29) is 28.0 Å². The third kappa shape index (κ3) is 6.68. The van der Waals surface area contributed by atoms with E-state index in [2.05, 4.69) is 185 Å². The van der Waals surface area contributed by atoms with Gasteiger partial charge in [0, 0.05) is 38.8 Å². The van der Waals surface area contributed by atoms with E-state index in [0.29, 0.717) is 11.5 Å². The van der Waals surface area contributed by atoms with Crippen molar-refractivity contribution in [2.75, 3.05) is 10.0 Å². The molecule has 7 aromatic carbocycles. The Morgan fingerprint density at radius 3 is 1.88 bits per heavy atom. The topological polar surface area (TPSA) is 46.2 Å². The predicted molar refractivity (Wildman–Crippen MR) is 230 cm³/mol. The average Bonchev–Trinajstić information content (AvgIpc) is 3.83. The van der Waals surface area contributed by atoms with Crippen molar-refractivity contribution in [2.24, 2.45) is 0 Å². The first kappa shape index (κ1) is 36.9. The Morgan fingerprint density at radius 2 is 1.19 bits per heavy atom. The molecular formula is C50H36BN5OPt-2. The molecule has 0 atom stereocenters. The summed E-state index contributed by atoms with van der Waals surface area (Å²) in [5, 5.41) is 3.72. The van der Waals surface area contributed by atoms with Crippen LogP contribution in [0.3, 0.4) is 0 Å². The molecule has 58 heavy (non-hydrogen) atoms. The molecule has 282 valence electrons. The van der Waals surface area contributed by atoms with Gasteiger partial charge in [-0.05, 0) is 59.4 Å². The molecule has 9 aromatic rings. The number of nitrogens with one attached hydrogen (secondary N) is 1. The van der Waals surface area contributed by atoms with Gasteiger partial charge in [0.05, 0.1) is 22.4 Å². The predicted octanol–water partition coefficient (Wildman–Crippen LogP) is 10.4. The number of benzene rings is 7. The molecule has 10 rings (SSSR count). The smallest absolute Gasteiger partial charge is 0.413 e. The van der Waals surface area contributed by atoms with Crippen LogP contribution in [0.4, 0.5) is 17.2 Å². The maximum Gasteiger partial charge on any atom is 0.413 e. The minimum atomic E-state index is -0.156. The van der Waals surface area contributed by atoms with Crippen LogP contribution in [0.25, 0.3) is 44.7 Å². The average molecular weight is 929 g/mol. The molecule has 0 saturated heterocycles. The van der Waals surface area contributed by atoms with Crippen LogP contribution in [0.15, 0.2) is 176 Å². The first-order valence-electron chi connectivity index (χ1n) is 19.1. The minimum absolute atomic E-state index is 0. The Kier molecular flexibility index (Phi) is 9.99. The molecule has 0 amide bonds. The Hall–Kier alpha value is -6.69. The number of rotatable bonds is 8. The van der Waals surface area contributed by atoms with Crippen LogP contribution < -0.4 is 24.8 Å². The molecule has 1 aliphatic heterocycles. The van der Waals surface area contributed by atoms with Gasteiger partial charge in [-0.25, -0.2) is 4.98 Å². The summed E-state index contributed by atoms with van der Waals surface area (Å²) in [4.78, 5) is 7.00. The van der Waals surface area contributed by atoms with E-state index >= 15 is 0 Å². The summed E-state index contributed by atoms with van der Waals surface area (Å²) < 4.78 is 10.8. The fourth-order valence-electron chi connectivity index (χ4n) is 8.02. The van der Waals surface area contributed by atoms with E-state index in [9.17, 15) is 0 Å². The van der Waals surface area contributed by atoms with Gasteiger partial charge in [-0.1, -0.05) is 138 Å². The number of hydrogen-bond donors (Lipinski definition) is 1. The Morgan fingerprint density at radius 1 is 0.603 bits per heavy atom. The summed E-state index contributed by atoms with van der Waals surface area (Å²) in [6.07, 6.45) is 5.57. The standard InChI is InChI=1S/C50H36BN5O.Pt/c1-35-16-11-17-36(2)48(35)51-53-45-28-15-31-52-50(45)56(51)40-23-13-25-42(33-40)57-41-24-12-22-39(32-41)54-34-55(47-30-10-9-29-46(47)54)49-43(37-18-5-3-6-19-37)26-14-27-44(49)38-20-7-4-8-21-38;/h3-31,53H,1-2H3;/q-2;. The molecular weight excluding hydrogens is 892 g/mol. The van der Waals surface area contributed by atoms with Crippen LogP contribution >= 0.6 is 0 Å². The normalized spacial score (nSPS) is 11.9. The van der Waals surface area contributed by atoms with Crippen molar-refractivity contribution in [1.29, 1.82) is 0 Å². The van der Waals surface area contributed by atoms with Crippen molar-refractivity contribution in [2.45, 2.75) is 13.8 Å². The molecule has 3 heterocycles. The molecule has 0 fully saturated rings. The molecule has 0 radical (unpaired) electrons. The van der Waals surface area contributed by atoms with Crippen LogP contribution in [0, 0.1) is 32.3 Å². The molecule has 0 unspecified atom stereocenters. The first-order chi connectivity index (χ1) is 28.1. The summed E-state index contributed by atoms with van der Waals surface area (Å²) in [6.45, 7) is 4.15. The summed E-state index contributed by atoms with van der Waals surface area (Å²) in [5.41, 5.74) is 13.8. The summed E-state index contributed by atoms with van der Waals surface area (Å²) in [5.74, 6) is 1.99. The van der Waals surface area contributed by atoms with Crippen LogP contribution in [0.1, 0.15) is 11.1 Å². The number of ether oxygens (including phenoxy) is 1. The zero-order valence-corrected chi connectivity index (χ0v) is 34.1. The van der Waals surface area contributed by atoms with E-state index in [1.807, 2.05) is 42.6 Å². The van der Waals surface area contributed by atoms with Gasteiger partial charge in [0.2, 0.25) is 0 Å². The second-order valence-electron chi connectivity index (χ2n) is 14.2. The quantitative estimate of drug-likeness (QED) is 0.0937. The number of imidazole rings is 1. The SMILES string of the molecule is Cc1cccc(C)c1B1Nc2cccnc2N1c1[c-]c(Oc2[c-]c(-n3[c-][n+](-c4c(-c5ccccc5)cccc4-c4ccccc4)c4ccccc43)ccc2)ccc1.[Pt]. The fourth-order valence-corrected chi connectivity index (χ4v) is 8.02. The van der Waals surface area contributed by atoms with E-state index in [0.717, 1.165) is 61.9 Å². The Bertz CT molecular complexity index is 2840. The molecule has 2 aromatic heterocycles. The molecule has 0 spiro atoms. The molecule has 0 aliphatic carbocycles. The van der Waals surface area contributed by atoms with Crippen molar-refractivity contribution in [3.8, 4) is 45.1 Å². The third-order valence-electron chi connectivity index (χ3n) is 10.6. The zero-order valence-electron chi connectivity index (χ0n) is 31.8. The van der Waals surface area contributed by atoms with Crippen molar-refractivity contribution >= 4 is 40.7 Å². The van der Waals surface area contributed by atoms with Gasteiger partial charge in [0.25, 0.3) is 6.33 Å². The maximum atomic E-state index is 6.56. The zero-order chi connectivity index (χ0) is 38.3. The Labute approximate surface area is 353 Å². The van der Waals surface area contributed by atoms with Gasteiger partial charge in [-0.15, -0.1) is 30.3 Å². The van der Waals surface area contributed by atoms with Crippen LogP contribution in [0.5, 0.6) is 11.5 Å². The Balaban J connectivity index is 0.00000436. The number of fused-ring (bicyclic) bond motifs is 2. The number of hydrogen-bond acceptors (Lipinski definition) is 4. The van der Waals surface area contributed by atoms with Gasteiger partial charge in [-0.2, -0.15) is 18.2 Å². The van der Waals surface area contributed by atoms with Crippen LogP contribution in [-0.2, 0) is 21.1 Å². The third-order valence-corrected chi connectivity index (χ3v) is 10.6. The van der Waals surface area contributed by atoms with Gasteiger partial charge in [0.1, 0.15) is 5.82 Å². The van der Waals surface area contributed by atoms with E-state index in [1.54, 1.807) is 0 Å². The molecule has 0 bridgehead atoms. The number of para-hydroxylation sites is 3. The van der Waals surface area contributed by atoms with Crippen LogP contribution in [-0.4, -0.2) is 16.5 Å². The first-order valence-corrected chi connectivity index (χ1v) is 19.1. The van der Waals surface area contributed by atoms with Crippen molar-refractivity contribution in [3.63, 3.8) is 0 Å². The second-order valence-corrected chi connectivity index (χ2v) is 14.2. The summed E-state index contributed by atoms with van der Waals surface area (Å²) >= 11 is 0. The van der Waals surface area contributed by atoms with Gasteiger partial charge >= 0.3 is 6.98 Å². The van der Waals surface area contributed by atoms with Crippen molar-refractivity contribution < 1.29 is 30.4 Å². The van der Waals surface area contributed by atoms with Gasteiger partial charge < -0.3 is 19.3 Å². The number of nitrogens with zero attached hydrogens (tertiary/aromatic N) is 4. The molecule has 1 N–H and O–H groups in total. The number of pyridine rings is 1. The summed E-state index contributed by atoms with van der Waals surface area (Å²) in [6, 6.07) is 65.5. The number of aryl methyl sites for hydroxylation is 2. The number of anilines is 3. The van der Waals surface area contributed by atoms with Crippen molar-refractivity contribution in [3.05, 3.63) is 206 Å². The number of aromatic nitrogens is 3. The fraction of sp³-hybridized carbons (Fsp3) is 0.0400.